The lowest BCUT2D eigenvalue weighted by atomic mass is 9.92. The molecule has 0 aromatic heterocycles. The van der Waals surface area contributed by atoms with Crippen molar-refractivity contribution in [1.29, 1.82) is 0 Å². The van der Waals surface area contributed by atoms with Gasteiger partial charge in [-0.05, 0) is 37.1 Å². The second-order valence-corrected chi connectivity index (χ2v) is 6.10. The lowest BCUT2D eigenvalue weighted by Gasteiger charge is -2.25. The van der Waals surface area contributed by atoms with Gasteiger partial charge in [0, 0.05) is 6.42 Å². The van der Waals surface area contributed by atoms with E-state index in [0.29, 0.717) is 10.8 Å². The number of rotatable bonds is 3. The summed E-state index contributed by atoms with van der Waals surface area (Å²) in [5.74, 6) is -1.89. The van der Waals surface area contributed by atoms with E-state index in [0.717, 1.165) is 23.1 Å². The first kappa shape index (κ1) is 16.7. The number of carbonyl (C=O) groups is 3. The molecule has 9 heteroatoms. The zero-order valence-electron chi connectivity index (χ0n) is 14.0. The molecule has 0 radical (unpaired) electrons. The molecule has 0 N–H and O–H groups in total. The number of nitrogens with zero attached hydrogens (tertiary/aromatic N) is 4. The Morgan fingerprint density at radius 1 is 1.24 bits per heavy atom. The molecule has 2 aliphatic rings. The Balaban J connectivity index is 1.99. The number of methoxy groups -OCH3 is 1. The Morgan fingerprint density at radius 3 is 2.56 bits per heavy atom. The highest BCUT2D eigenvalue weighted by molar-refractivity contribution is 6.39. The van der Waals surface area contributed by atoms with Gasteiger partial charge in [-0.15, -0.1) is 15.1 Å². The van der Waals surface area contributed by atoms with E-state index in [-0.39, 0.29) is 18.6 Å². The maximum atomic E-state index is 13.0. The molecule has 9 nitrogen and oxygen atoms in total. The molecular formula is C16H16N4O5. The largest absolute Gasteiger partial charge is 0.464 e. The van der Waals surface area contributed by atoms with Gasteiger partial charge in [-0.3, -0.25) is 9.59 Å². The molecule has 1 fully saturated rings. The molecule has 1 spiro atoms. The fourth-order valence-electron chi connectivity index (χ4n) is 3.07. The van der Waals surface area contributed by atoms with E-state index < -0.39 is 23.3 Å². The van der Waals surface area contributed by atoms with Gasteiger partial charge in [0.15, 0.2) is 11.3 Å². The molecule has 1 saturated heterocycles. The van der Waals surface area contributed by atoms with Crippen LogP contribution in [0, 0.1) is 18.8 Å². The van der Waals surface area contributed by atoms with E-state index in [4.69, 9.17) is 0 Å². The van der Waals surface area contributed by atoms with E-state index in [9.17, 15) is 19.3 Å². The number of carbonyl (C=O) groups excluding carboxylic acids is 3. The topological polar surface area (TPSA) is 109 Å². The normalized spacial score (nSPS) is 22.6. The third kappa shape index (κ3) is 2.39. The average molecular weight is 344 g/mol. The number of aryl methyl sites for hydroxylation is 2. The molecule has 1 aromatic carbocycles. The van der Waals surface area contributed by atoms with Crippen LogP contribution in [0.15, 0.2) is 28.6 Å². The van der Waals surface area contributed by atoms with Crippen LogP contribution < -0.4 is 4.90 Å². The molecule has 130 valence electrons. The zero-order valence-corrected chi connectivity index (χ0v) is 14.0. The molecule has 0 bridgehead atoms. The number of benzene rings is 1. The van der Waals surface area contributed by atoms with Crippen molar-refractivity contribution in [1.82, 2.24) is 5.12 Å². The summed E-state index contributed by atoms with van der Waals surface area (Å²) in [4.78, 5) is 49.4. The fourth-order valence-corrected chi connectivity index (χ4v) is 3.07. The molecule has 0 aliphatic carbocycles. The summed E-state index contributed by atoms with van der Waals surface area (Å²) in [6.45, 7) is 3.78. The van der Waals surface area contributed by atoms with Crippen LogP contribution in [0.5, 0.6) is 0 Å². The maximum absolute atomic E-state index is 13.0. The van der Waals surface area contributed by atoms with E-state index >= 15 is 0 Å². The molecule has 0 unspecified atom stereocenters. The van der Waals surface area contributed by atoms with E-state index in [1.807, 2.05) is 13.8 Å². The van der Waals surface area contributed by atoms with Gasteiger partial charge in [0.25, 0.3) is 5.91 Å². The fraction of sp³-hybridized carbons (Fsp3) is 0.375. The molecule has 1 atom stereocenters. The number of nitroso groups, excluding NO2 is 1. The number of amides is 2. The van der Waals surface area contributed by atoms with Gasteiger partial charge in [-0.25, -0.2) is 9.69 Å². The van der Waals surface area contributed by atoms with Gasteiger partial charge in [-0.2, -0.15) is 0 Å². The minimum Gasteiger partial charge on any atom is -0.464 e. The lowest BCUT2D eigenvalue weighted by Crippen LogP contribution is -2.48. The first-order chi connectivity index (χ1) is 11.8. The van der Waals surface area contributed by atoms with Crippen LogP contribution in [-0.2, 0) is 19.1 Å². The first-order valence-electron chi connectivity index (χ1n) is 7.58. The van der Waals surface area contributed by atoms with Crippen molar-refractivity contribution in [2.24, 2.45) is 10.4 Å². The molecule has 25 heavy (non-hydrogen) atoms. The van der Waals surface area contributed by atoms with Crippen molar-refractivity contribution >= 4 is 29.2 Å². The summed E-state index contributed by atoms with van der Waals surface area (Å²) < 4.78 is 4.58. The third-order valence-electron chi connectivity index (χ3n) is 4.60. The molecule has 2 amide bonds. The van der Waals surface area contributed by atoms with Gasteiger partial charge in [-0.1, -0.05) is 6.07 Å². The average Bonchev–Trinajstić information content (AvgIpc) is 3.08. The number of hydrazone groups is 1. The first-order valence-corrected chi connectivity index (χ1v) is 7.58. The van der Waals surface area contributed by atoms with Crippen molar-refractivity contribution in [2.45, 2.75) is 32.2 Å². The highest BCUT2D eigenvalue weighted by atomic mass is 16.5. The van der Waals surface area contributed by atoms with Crippen molar-refractivity contribution < 1.29 is 19.1 Å². The van der Waals surface area contributed by atoms with Crippen LogP contribution in [-0.4, -0.2) is 41.3 Å². The smallest absolute Gasteiger partial charge is 0.354 e. The number of hydrogen-bond donors (Lipinski definition) is 0. The SMILES string of the molecule is COC(=O)C1=NN(N=O)[C@@]2(CC(=O)N(c3ccc(C)c(C)c3)C2=O)C1. The monoisotopic (exact) mass is 344 g/mol. The number of anilines is 1. The standard InChI is InChI=1S/C16H16N4O5/c1-9-4-5-11(6-10(9)2)19-13(21)8-16(15(19)23)7-12(14(22)25-3)17-20(16)18-24/h4-6H,7-8H2,1-3H3/t16-/m1/s1. The highest BCUT2D eigenvalue weighted by Crippen LogP contribution is 2.40. The van der Waals surface area contributed by atoms with Crippen molar-refractivity contribution in [2.75, 3.05) is 12.0 Å². The van der Waals surface area contributed by atoms with Crippen LogP contribution in [0.4, 0.5) is 5.69 Å². The van der Waals surface area contributed by atoms with Crippen LogP contribution in [0.1, 0.15) is 24.0 Å². The van der Waals surface area contributed by atoms with E-state index in [1.165, 1.54) is 0 Å². The summed E-state index contributed by atoms with van der Waals surface area (Å²) in [6.07, 6.45) is -0.508. The predicted octanol–water partition coefficient (Wildman–Crippen LogP) is 1.22. The van der Waals surface area contributed by atoms with Crippen LogP contribution in [0.3, 0.4) is 0 Å². The summed E-state index contributed by atoms with van der Waals surface area (Å²) in [7, 11) is 1.16. The number of esters is 1. The second-order valence-electron chi connectivity index (χ2n) is 6.10. The quantitative estimate of drug-likeness (QED) is 0.463. The molecular weight excluding hydrogens is 328 g/mol. The van der Waals surface area contributed by atoms with E-state index in [2.05, 4.69) is 15.1 Å². The van der Waals surface area contributed by atoms with Gasteiger partial charge in [0.2, 0.25) is 5.91 Å². The summed E-state index contributed by atoms with van der Waals surface area (Å²) in [5, 5.41) is 7.09. The number of imide groups is 1. The minimum atomic E-state index is -1.61. The summed E-state index contributed by atoms with van der Waals surface area (Å²) >= 11 is 0. The Bertz CT molecular complexity index is 834. The minimum absolute atomic E-state index is 0.120. The molecule has 0 saturated carbocycles. The number of ether oxygens (including phenoxy) is 1. The van der Waals surface area contributed by atoms with Gasteiger partial charge >= 0.3 is 5.97 Å². The lowest BCUT2D eigenvalue weighted by molar-refractivity contribution is -0.132. The maximum Gasteiger partial charge on any atom is 0.354 e. The Hall–Kier alpha value is -3.10. The summed E-state index contributed by atoms with van der Waals surface area (Å²) in [5.41, 5.74) is 0.618. The highest BCUT2D eigenvalue weighted by Gasteiger charge is 2.61. The Morgan fingerprint density at radius 2 is 1.96 bits per heavy atom. The number of hydrogen-bond acceptors (Lipinski definition) is 7. The predicted molar refractivity (Wildman–Crippen MR) is 87.5 cm³/mol. The summed E-state index contributed by atoms with van der Waals surface area (Å²) in [6, 6.07) is 5.18. The van der Waals surface area contributed by atoms with Crippen LogP contribution >= 0.6 is 0 Å². The van der Waals surface area contributed by atoms with Crippen LogP contribution in [0.2, 0.25) is 0 Å². The Kier molecular flexibility index (Phi) is 3.86. The van der Waals surface area contributed by atoms with E-state index in [1.54, 1.807) is 18.2 Å². The zero-order chi connectivity index (χ0) is 18.4. The van der Waals surface area contributed by atoms with Gasteiger partial charge < -0.3 is 4.74 Å². The second kappa shape index (κ2) is 5.76. The van der Waals surface area contributed by atoms with Crippen molar-refractivity contribution in [3.8, 4) is 0 Å². The molecule has 1 aromatic rings. The van der Waals surface area contributed by atoms with Crippen molar-refractivity contribution in [3.63, 3.8) is 0 Å². The Labute approximate surface area is 143 Å². The van der Waals surface area contributed by atoms with Crippen LogP contribution in [0.25, 0.3) is 0 Å². The third-order valence-corrected chi connectivity index (χ3v) is 4.60. The van der Waals surface area contributed by atoms with Gasteiger partial charge in [0.05, 0.1) is 24.5 Å². The molecule has 2 heterocycles. The van der Waals surface area contributed by atoms with Gasteiger partial charge in [0.1, 0.15) is 0 Å². The molecule has 3 rings (SSSR count). The van der Waals surface area contributed by atoms with Crippen molar-refractivity contribution in [3.05, 3.63) is 34.2 Å². The molecule has 2 aliphatic heterocycles.